The number of phosphoric acid groups is 1. The van der Waals surface area contributed by atoms with E-state index in [0.717, 1.165) is 141 Å². The van der Waals surface area contributed by atoms with Gasteiger partial charge in [0, 0.05) is 19.3 Å². The second-order valence-corrected chi connectivity index (χ2v) is 19.1. The quantitative estimate of drug-likeness (QED) is 0.0197. The normalized spacial score (nSPS) is 14.0. The topological polar surface area (TPSA) is 155 Å². The molecule has 0 amide bonds. The number of ether oxygens (including phenoxy) is 3. The zero-order valence-electron chi connectivity index (χ0n) is 43.1. The van der Waals surface area contributed by atoms with Crippen molar-refractivity contribution in [3.05, 3.63) is 72.9 Å². The lowest BCUT2D eigenvalue weighted by atomic mass is 10.1. The molecular formula is C56H97O11P. The molecule has 0 spiro atoms. The maximum absolute atomic E-state index is 12.9. The summed E-state index contributed by atoms with van der Waals surface area (Å²) in [6.07, 6.45) is 54.4. The lowest BCUT2D eigenvalue weighted by Crippen LogP contribution is -2.30. The molecule has 0 aliphatic heterocycles. The van der Waals surface area contributed by atoms with Crippen LogP contribution < -0.4 is 0 Å². The summed E-state index contributed by atoms with van der Waals surface area (Å²) in [6.45, 7) is 4.40. The molecule has 2 N–H and O–H groups in total. The molecule has 0 aromatic carbocycles. The molecule has 0 saturated heterocycles. The number of carbonyl (C=O) groups excluding carboxylic acids is 3. The van der Waals surface area contributed by atoms with Gasteiger partial charge < -0.3 is 24.2 Å². The molecule has 0 rings (SSSR count). The van der Waals surface area contributed by atoms with Crippen molar-refractivity contribution in [2.45, 2.75) is 238 Å². The van der Waals surface area contributed by atoms with Crippen LogP contribution in [0.15, 0.2) is 72.9 Å². The number of esters is 3. The van der Waals surface area contributed by atoms with Gasteiger partial charge in [-0.1, -0.05) is 184 Å². The maximum atomic E-state index is 12.9. The van der Waals surface area contributed by atoms with Crippen molar-refractivity contribution < 1.29 is 52.2 Å². The van der Waals surface area contributed by atoms with Crippen molar-refractivity contribution in [1.29, 1.82) is 0 Å². The zero-order chi connectivity index (χ0) is 49.9. The summed E-state index contributed by atoms with van der Waals surface area (Å²) >= 11 is 0. The summed E-state index contributed by atoms with van der Waals surface area (Å²) in [5.41, 5.74) is 0. The van der Waals surface area contributed by atoms with Crippen LogP contribution in [0.25, 0.3) is 0 Å². The minimum atomic E-state index is -4.75. The zero-order valence-corrected chi connectivity index (χ0v) is 43.9. The smallest absolute Gasteiger partial charge is 0.462 e. The Hall–Kier alpha value is -3.08. The van der Waals surface area contributed by atoms with Gasteiger partial charge in [0.25, 0.3) is 0 Å². The third kappa shape index (κ3) is 48.0. The first-order valence-electron chi connectivity index (χ1n) is 26.8. The second-order valence-electron chi connectivity index (χ2n) is 17.7. The molecule has 0 radical (unpaired) electrons. The fourth-order valence-electron chi connectivity index (χ4n) is 6.96. The summed E-state index contributed by atoms with van der Waals surface area (Å²) in [7, 11) is -4.75. The van der Waals surface area contributed by atoms with E-state index in [-0.39, 0.29) is 25.9 Å². The molecule has 3 atom stereocenters. The molecule has 0 aromatic rings. The van der Waals surface area contributed by atoms with Gasteiger partial charge in [-0.25, -0.2) is 4.57 Å². The highest BCUT2D eigenvalue weighted by molar-refractivity contribution is 7.47. The number of allylic oxidation sites excluding steroid dienone is 12. The van der Waals surface area contributed by atoms with Crippen LogP contribution in [0, 0.1) is 0 Å². The number of carbonyl (C=O) groups is 3. The van der Waals surface area contributed by atoms with E-state index >= 15 is 0 Å². The van der Waals surface area contributed by atoms with Gasteiger partial charge in [0.05, 0.1) is 19.8 Å². The number of aliphatic hydroxyl groups is 1. The van der Waals surface area contributed by atoms with Gasteiger partial charge in [-0.3, -0.25) is 23.4 Å². The molecule has 0 fully saturated rings. The highest BCUT2D eigenvalue weighted by Gasteiger charge is 2.28. The van der Waals surface area contributed by atoms with Gasteiger partial charge in [0.2, 0.25) is 0 Å². The summed E-state index contributed by atoms with van der Waals surface area (Å²) in [6, 6.07) is 0. The van der Waals surface area contributed by atoms with E-state index in [1.165, 1.54) is 25.7 Å². The number of hydrogen-bond donors (Lipinski definition) is 2. The largest absolute Gasteiger partial charge is 0.472 e. The Morgan fingerprint density at radius 1 is 0.426 bits per heavy atom. The first-order valence-corrected chi connectivity index (χ1v) is 28.3. The molecule has 0 aromatic heterocycles. The van der Waals surface area contributed by atoms with Gasteiger partial charge in [0.15, 0.2) is 6.10 Å². The molecule has 0 aliphatic rings. The summed E-state index contributed by atoms with van der Waals surface area (Å²) in [5.74, 6) is -1.50. The first kappa shape index (κ1) is 64.9. The van der Waals surface area contributed by atoms with Crippen LogP contribution in [-0.2, 0) is 42.2 Å². The predicted octanol–water partition coefficient (Wildman–Crippen LogP) is 15.4. The van der Waals surface area contributed by atoms with E-state index in [2.05, 4.69) is 93.7 Å². The Kier molecular flexibility index (Phi) is 48.0. The standard InChI is InChI=1S/C56H97O11P/c1-4-7-10-13-16-19-22-23-24-25-26-27-28-29-32-35-38-41-44-47-56(60)67-53(49-63-54(58)45-42-39-36-33-30-20-17-14-11-8-5-2)51-65-68(61,62)64-50-52(48-57)66-55(59)46-43-40-37-34-31-21-18-15-12-9-6-3/h7,10,14-19,23-24,26-27,52-53,57H,4-6,8-9,11-13,20-22,25,28-51H2,1-3H3,(H,61,62)/b10-7-,17-14-,18-15-,19-16-,24-23-,27-26-. The van der Waals surface area contributed by atoms with Crippen molar-refractivity contribution in [3.63, 3.8) is 0 Å². The lowest BCUT2D eigenvalue weighted by molar-refractivity contribution is -0.161. The average Bonchev–Trinajstić information content (AvgIpc) is 3.32. The van der Waals surface area contributed by atoms with Gasteiger partial charge in [0.1, 0.15) is 12.7 Å². The Morgan fingerprint density at radius 3 is 1.19 bits per heavy atom. The van der Waals surface area contributed by atoms with Crippen molar-refractivity contribution in [3.8, 4) is 0 Å². The molecule has 392 valence electrons. The Labute approximate surface area is 414 Å². The third-order valence-corrected chi connectivity index (χ3v) is 12.0. The Morgan fingerprint density at radius 2 is 0.765 bits per heavy atom. The molecule has 68 heavy (non-hydrogen) atoms. The summed E-state index contributed by atoms with van der Waals surface area (Å²) in [5, 5.41) is 9.76. The third-order valence-electron chi connectivity index (χ3n) is 11.1. The van der Waals surface area contributed by atoms with Crippen LogP contribution in [0.3, 0.4) is 0 Å². The van der Waals surface area contributed by atoms with Gasteiger partial charge in [-0.2, -0.15) is 0 Å². The van der Waals surface area contributed by atoms with Gasteiger partial charge in [-0.05, 0) is 96.3 Å². The minimum Gasteiger partial charge on any atom is -0.462 e. The summed E-state index contributed by atoms with van der Waals surface area (Å²) in [4.78, 5) is 48.3. The SMILES string of the molecule is CC/C=C\C/C=C\C/C=C\C/C=C\CCCCCCCCC(=O)OC(COC(=O)CCCCCCC/C=C\CCCC)COP(=O)(O)OCC(CO)OC(=O)CCCCCCC/C=C\CCCC. The van der Waals surface area contributed by atoms with Crippen molar-refractivity contribution in [2.75, 3.05) is 26.4 Å². The van der Waals surface area contributed by atoms with Crippen LogP contribution in [0.5, 0.6) is 0 Å². The number of aliphatic hydroxyl groups excluding tert-OH is 1. The van der Waals surface area contributed by atoms with Gasteiger partial charge >= 0.3 is 25.7 Å². The van der Waals surface area contributed by atoms with E-state index in [0.29, 0.717) is 19.3 Å². The van der Waals surface area contributed by atoms with E-state index in [9.17, 15) is 28.9 Å². The number of rotatable bonds is 49. The predicted molar refractivity (Wildman–Crippen MR) is 279 cm³/mol. The first-order chi connectivity index (χ1) is 33.2. The molecule has 12 heteroatoms. The average molecular weight is 977 g/mol. The monoisotopic (exact) mass is 977 g/mol. The molecule has 11 nitrogen and oxygen atoms in total. The fraction of sp³-hybridized carbons (Fsp3) is 0.732. The van der Waals surface area contributed by atoms with Gasteiger partial charge in [-0.15, -0.1) is 0 Å². The Balaban J connectivity index is 4.75. The van der Waals surface area contributed by atoms with E-state index < -0.39 is 57.8 Å². The molecule has 3 unspecified atom stereocenters. The summed E-state index contributed by atoms with van der Waals surface area (Å²) < 4.78 is 39.3. The molecular weight excluding hydrogens is 880 g/mol. The molecule has 0 heterocycles. The fourth-order valence-corrected chi connectivity index (χ4v) is 7.74. The molecule has 0 aliphatic carbocycles. The highest BCUT2D eigenvalue weighted by Crippen LogP contribution is 2.43. The minimum absolute atomic E-state index is 0.147. The highest BCUT2D eigenvalue weighted by atomic mass is 31.2. The van der Waals surface area contributed by atoms with E-state index in [1.807, 2.05) is 0 Å². The number of hydrogen-bond acceptors (Lipinski definition) is 10. The van der Waals surface area contributed by atoms with Crippen molar-refractivity contribution in [1.82, 2.24) is 0 Å². The number of unbranched alkanes of at least 4 members (excludes halogenated alkanes) is 20. The van der Waals surface area contributed by atoms with E-state index in [4.69, 9.17) is 23.3 Å². The van der Waals surface area contributed by atoms with Crippen LogP contribution in [0.4, 0.5) is 0 Å². The second kappa shape index (κ2) is 50.3. The molecule has 0 bridgehead atoms. The van der Waals surface area contributed by atoms with Crippen molar-refractivity contribution in [2.24, 2.45) is 0 Å². The molecule has 0 saturated carbocycles. The van der Waals surface area contributed by atoms with Crippen molar-refractivity contribution >= 4 is 25.7 Å². The van der Waals surface area contributed by atoms with Crippen LogP contribution in [0.1, 0.15) is 226 Å². The number of phosphoric ester groups is 1. The maximum Gasteiger partial charge on any atom is 0.472 e. The Bertz CT molecular complexity index is 1420. The van der Waals surface area contributed by atoms with Crippen LogP contribution in [-0.4, -0.2) is 66.5 Å². The van der Waals surface area contributed by atoms with E-state index in [1.54, 1.807) is 0 Å². The lowest BCUT2D eigenvalue weighted by Gasteiger charge is -2.21. The van der Waals surface area contributed by atoms with Crippen LogP contribution in [0.2, 0.25) is 0 Å². The van der Waals surface area contributed by atoms with Crippen LogP contribution >= 0.6 is 7.82 Å².